The zero-order valence-electron chi connectivity index (χ0n) is 13.5. The lowest BCUT2D eigenvalue weighted by molar-refractivity contribution is 0.0245. The predicted octanol–water partition coefficient (Wildman–Crippen LogP) is 2.49. The van der Waals surface area contributed by atoms with Crippen molar-refractivity contribution >= 4 is 0 Å². The molecule has 1 fully saturated rings. The molecule has 1 aliphatic rings. The minimum Gasteiger partial charge on any atom is -0.393 e. The monoisotopic (exact) mass is 270 g/mol. The van der Waals surface area contributed by atoms with Crippen LogP contribution in [-0.2, 0) is 0 Å². The van der Waals surface area contributed by atoms with E-state index in [2.05, 4.69) is 44.8 Å². The van der Waals surface area contributed by atoms with E-state index in [0.29, 0.717) is 18.0 Å². The number of hydrogen-bond acceptors (Lipinski definition) is 3. The number of aliphatic hydroxyl groups excluding tert-OH is 1. The normalized spacial score (nSPS) is 27.2. The Morgan fingerprint density at radius 1 is 1.21 bits per heavy atom. The lowest BCUT2D eigenvalue weighted by atomic mass is 9.87. The average Bonchev–Trinajstić information content (AvgIpc) is 2.37. The van der Waals surface area contributed by atoms with Crippen molar-refractivity contribution < 1.29 is 5.11 Å². The van der Waals surface area contributed by atoms with Crippen LogP contribution < -0.4 is 5.32 Å². The van der Waals surface area contributed by atoms with E-state index in [0.717, 1.165) is 38.4 Å². The highest BCUT2D eigenvalue weighted by Gasteiger charge is 2.31. The first-order chi connectivity index (χ1) is 8.93. The van der Waals surface area contributed by atoms with Crippen LogP contribution in [0.1, 0.15) is 53.9 Å². The van der Waals surface area contributed by atoms with E-state index in [1.54, 1.807) is 0 Å². The van der Waals surface area contributed by atoms with Crippen LogP contribution in [0.3, 0.4) is 0 Å². The SMILES string of the molecule is CCC(O)C1CC(NCCC(C)C)CN(C(C)C)C1. The summed E-state index contributed by atoms with van der Waals surface area (Å²) in [6.07, 6.45) is 3.08. The van der Waals surface area contributed by atoms with Crippen LogP contribution in [0, 0.1) is 11.8 Å². The van der Waals surface area contributed by atoms with Gasteiger partial charge in [0.1, 0.15) is 0 Å². The number of nitrogens with zero attached hydrogens (tertiary/aromatic N) is 1. The smallest absolute Gasteiger partial charge is 0.0578 e. The third kappa shape index (κ3) is 5.80. The van der Waals surface area contributed by atoms with Crippen LogP contribution >= 0.6 is 0 Å². The third-order valence-corrected chi connectivity index (χ3v) is 4.36. The van der Waals surface area contributed by atoms with Gasteiger partial charge in [-0.1, -0.05) is 20.8 Å². The molecule has 3 atom stereocenters. The molecule has 0 aromatic rings. The second-order valence-electron chi connectivity index (χ2n) is 6.85. The predicted molar refractivity (Wildman–Crippen MR) is 82.4 cm³/mol. The van der Waals surface area contributed by atoms with E-state index < -0.39 is 0 Å². The Morgan fingerprint density at radius 3 is 2.42 bits per heavy atom. The molecule has 1 heterocycles. The molecule has 3 heteroatoms. The largest absolute Gasteiger partial charge is 0.393 e. The molecular weight excluding hydrogens is 236 g/mol. The van der Waals surface area contributed by atoms with Crippen LogP contribution in [0.5, 0.6) is 0 Å². The van der Waals surface area contributed by atoms with Crippen molar-refractivity contribution in [2.24, 2.45) is 11.8 Å². The van der Waals surface area contributed by atoms with Crippen LogP contribution in [0.4, 0.5) is 0 Å². The van der Waals surface area contributed by atoms with Crippen molar-refractivity contribution in [1.82, 2.24) is 10.2 Å². The number of rotatable bonds is 7. The summed E-state index contributed by atoms with van der Waals surface area (Å²) in [6, 6.07) is 1.11. The van der Waals surface area contributed by atoms with Crippen molar-refractivity contribution in [3.05, 3.63) is 0 Å². The zero-order valence-corrected chi connectivity index (χ0v) is 13.5. The molecule has 1 saturated heterocycles. The van der Waals surface area contributed by atoms with E-state index in [9.17, 15) is 5.11 Å². The van der Waals surface area contributed by atoms with Crippen molar-refractivity contribution in [2.75, 3.05) is 19.6 Å². The molecule has 1 aliphatic heterocycles. The van der Waals surface area contributed by atoms with E-state index >= 15 is 0 Å². The fourth-order valence-electron chi connectivity index (χ4n) is 2.93. The number of piperidine rings is 1. The molecule has 0 aromatic heterocycles. The summed E-state index contributed by atoms with van der Waals surface area (Å²) in [7, 11) is 0. The van der Waals surface area contributed by atoms with Gasteiger partial charge in [-0.2, -0.15) is 0 Å². The first-order valence-electron chi connectivity index (χ1n) is 8.09. The molecule has 0 aliphatic carbocycles. The Kier molecular flexibility index (Phi) is 7.33. The third-order valence-electron chi connectivity index (χ3n) is 4.36. The van der Waals surface area contributed by atoms with E-state index in [1.165, 1.54) is 6.42 Å². The molecule has 114 valence electrons. The van der Waals surface area contributed by atoms with Crippen LogP contribution in [0.2, 0.25) is 0 Å². The molecule has 0 aromatic carbocycles. The molecule has 0 spiro atoms. The Bertz CT molecular complexity index is 243. The van der Waals surface area contributed by atoms with Gasteiger partial charge < -0.3 is 10.4 Å². The maximum Gasteiger partial charge on any atom is 0.0578 e. The average molecular weight is 270 g/mol. The van der Waals surface area contributed by atoms with E-state index in [-0.39, 0.29) is 6.10 Å². The fraction of sp³-hybridized carbons (Fsp3) is 1.00. The number of hydrogen-bond donors (Lipinski definition) is 2. The van der Waals surface area contributed by atoms with Gasteiger partial charge in [0.05, 0.1) is 6.10 Å². The zero-order chi connectivity index (χ0) is 14.4. The van der Waals surface area contributed by atoms with E-state index in [1.807, 2.05) is 0 Å². The van der Waals surface area contributed by atoms with Gasteiger partial charge in [0, 0.05) is 25.2 Å². The van der Waals surface area contributed by atoms with Gasteiger partial charge in [-0.25, -0.2) is 0 Å². The first-order valence-corrected chi connectivity index (χ1v) is 8.09. The molecule has 3 nitrogen and oxygen atoms in total. The molecule has 0 radical (unpaired) electrons. The lowest BCUT2D eigenvalue weighted by Crippen LogP contribution is -2.53. The number of aliphatic hydroxyl groups is 1. The second kappa shape index (κ2) is 8.23. The van der Waals surface area contributed by atoms with Gasteiger partial charge in [-0.3, -0.25) is 4.90 Å². The Morgan fingerprint density at radius 2 is 1.89 bits per heavy atom. The second-order valence-corrected chi connectivity index (χ2v) is 6.85. The van der Waals surface area contributed by atoms with Gasteiger partial charge in [-0.15, -0.1) is 0 Å². The van der Waals surface area contributed by atoms with Gasteiger partial charge >= 0.3 is 0 Å². The lowest BCUT2D eigenvalue weighted by Gasteiger charge is -2.42. The van der Waals surface area contributed by atoms with Crippen LogP contribution in [-0.4, -0.2) is 47.8 Å². The summed E-state index contributed by atoms with van der Waals surface area (Å²) < 4.78 is 0. The van der Waals surface area contributed by atoms with Crippen molar-refractivity contribution in [2.45, 2.75) is 72.1 Å². The Hall–Kier alpha value is -0.120. The van der Waals surface area contributed by atoms with Gasteiger partial charge in [0.25, 0.3) is 0 Å². The highest BCUT2D eigenvalue weighted by Crippen LogP contribution is 2.23. The molecule has 3 unspecified atom stereocenters. The summed E-state index contributed by atoms with van der Waals surface area (Å²) >= 11 is 0. The standard InChI is InChI=1S/C16H34N2O/c1-6-16(19)14-9-15(17-8-7-12(2)3)11-18(10-14)13(4)5/h12-17,19H,6-11H2,1-5H3. The Balaban J connectivity index is 2.50. The molecule has 0 amide bonds. The van der Waals surface area contributed by atoms with Crippen molar-refractivity contribution in [3.8, 4) is 0 Å². The highest BCUT2D eigenvalue weighted by molar-refractivity contribution is 4.87. The first kappa shape index (κ1) is 16.9. The highest BCUT2D eigenvalue weighted by atomic mass is 16.3. The molecule has 19 heavy (non-hydrogen) atoms. The quantitative estimate of drug-likeness (QED) is 0.746. The minimum absolute atomic E-state index is 0.143. The summed E-state index contributed by atoms with van der Waals surface area (Å²) in [5, 5.41) is 13.9. The van der Waals surface area contributed by atoms with Crippen molar-refractivity contribution in [3.63, 3.8) is 0 Å². The van der Waals surface area contributed by atoms with Gasteiger partial charge in [-0.05, 0) is 51.5 Å². The molecule has 0 saturated carbocycles. The summed E-state index contributed by atoms with van der Waals surface area (Å²) in [4.78, 5) is 2.51. The maximum atomic E-state index is 10.2. The molecule has 0 bridgehead atoms. The molecular formula is C16H34N2O. The molecule has 1 rings (SSSR count). The topological polar surface area (TPSA) is 35.5 Å². The fourth-order valence-corrected chi connectivity index (χ4v) is 2.93. The minimum atomic E-state index is -0.143. The van der Waals surface area contributed by atoms with E-state index in [4.69, 9.17) is 0 Å². The van der Waals surface area contributed by atoms with Crippen LogP contribution in [0.15, 0.2) is 0 Å². The number of likely N-dealkylation sites (tertiary alicyclic amines) is 1. The van der Waals surface area contributed by atoms with Gasteiger partial charge in [0.15, 0.2) is 0 Å². The summed E-state index contributed by atoms with van der Waals surface area (Å²) in [5.74, 6) is 1.19. The van der Waals surface area contributed by atoms with Gasteiger partial charge in [0.2, 0.25) is 0 Å². The van der Waals surface area contributed by atoms with Crippen molar-refractivity contribution in [1.29, 1.82) is 0 Å². The molecule has 2 N–H and O–H groups in total. The Labute approximate surface area is 119 Å². The summed E-state index contributed by atoms with van der Waals surface area (Å²) in [5.41, 5.74) is 0. The number of nitrogens with one attached hydrogen (secondary N) is 1. The van der Waals surface area contributed by atoms with Crippen LogP contribution in [0.25, 0.3) is 0 Å². The summed E-state index contributed by atoms with van der Waals surface area (Å²) in [6.45, 7) is 14.4. The maximum absolute atomic E-state index is 10.2.